The van der Waals surface area contributed by atoms with E-state index in [4.69, 9.17) is 0 Å². The fourth-order valence-corrected chi connectivity index (χ4v) is 3.02. The fraction of sp³-hybridized carbons (Fsp3) is 0. The molecule has 4 nitrogen and oxygen atoms in total. The lowest BCUT2D eigenvalue weighted by atomic mass is 10.3. The summed E-state index contributed by atoms with van der Waals surface area (Å²) in [4.78, 5) is 12.7. The third-order valence-electron chi connectivity index (χ3n) is 2.66. The Morgan fingerprint density at radius 3 is 2.70 bits per heavy atom. The number of hydrogen-bond acceptors (Lipinski definition) is 3. The lowest BCUT2D eigenvalue weighted by Gasteiger charge is -2.00. The van der Waals surface area contributed by atoms with Crippen molar-refractivity contribution in [1.29, 1.82) is 0 Å². The summed E-state index contributed by atoms with van der Waals surface area (Å²) in [5.74, 6) is -0.131. The van der Waals surface area contributed by atoms with E-state index in [2.05, 4.69) is 26.3 Å². The normalized spacial score (nSPS) is 10.4. The van der Waals surface area contributed by atoms with Gasteiger partial charge in [-0.1, -0.05) is 18.2 Å². The predicted molar refractivity (Wildman–Crippen MR) is 83.5 cm³/mol. The topological polar surface area (TPSA) is 46.9 Å². The van der Waals surface area contributed by atoms with Crippen LogP contribution in [0.3, 0.4) is 0 Å². The average Bonchev–Trinajstić information content (AvgIpc) is 3.09. The van der Waals surface area contributed by atoms with Crippen LogP contribution >= 0.6 is 27.3 Å². The number of hydrogen-bond donors (Lipinski definition) is 1. The van der Waals surface area contributed by atoms with Crippen molar-refractivity contribution in [3.8, 4) is 5.69 Å². The van der Waals surface area contributed by atoms with Gasteiger partial charge in [0.15, 0.2) is 0 Å². The van der Waals surface area contributed by atoms with Crippen molar-refractivity contribution in [3.63, 3.8) is 0 Å². The summed E-state index contributed by atoms with van der Waals surface area (Å²) in [5.41, 5.74) is 1.62. The van der Waals surface area contributed by atoms with Crippen molar-refractivity contribution >= 4 is 38.9 Å². The van der Waals surface area contributed by atoms with Crippen molar-refractivity contribution in [2.75, 3.05) is 5.32 Å². The standard InChI is InChI=1S/C14H10BrN3OS/c15-13-7-6-12(20-13)14(19)17-10-8-16-18(9-10)11-4-2-1-3-5-11/h1-9H,(H,17,19). The van der Waals surface area contributed by atoms with Crippen LogP contribution < -0.4 is 5.32 Å². The first kappa shape index (κ1) is 13.1. The van der Waals surface area contributed by atoms with E-state index < -0.39 is 0 Å². The molecule has 0 spiro atoms. The number of anilines is 1. The molecule has 0 saturated carbocycles. The maximum absolute atomic E-state index is 12.0. The summed E-state index contributed by atoms with van der Waals surface area (Å²) in [6.45, 7) is 0. The molecule has 0 fully saturated rings. The van der Waals surface area contributed by atoms with Gasteiger partial charge in [0, 0.05) is 0 Å². The summed E-state index contributed by atoms with van der Waals surface area (Å²) >= 11 is 4.74. The van der Waals surface area contributed by atoms with E-state index >= 15 is 0 Å². The van der Waals surface area contributed by atoms with E-state index in [1.54, 1.807) is 23.1 Å². The first-order valence-corrected chi connectivity index (χ1v) is 7.50. The van der Waals surface area contributed by atoms with Crippen LogP contribution in [0.15, 0.2) is 58.6 Å². The summed E-state index contributed by atoms with van der Waals surface area (Å²) in [7, 11) is 0. The zero-order valence-corrected chi connectivity index (χ0v) is 12.7. The SMILES string of the molecule is O=C(Nc1cnn(-c2ccccc2)c1)c1ccc(Br)s1. The van der Waals surface area contributed by atoms with Gasteiger partial charge in [-0.25, -0.2) is 4.68 Å². The zero-order valence-electron chi connectivity index (χ0n) is 10.3. The highest BCUT2D eigenvalue weighted by molar-refractivity contribution is 9.11. The van der Waals surface area contributed by atoms with Crippen molar-refractivity contribution in [1.82, 2.24) is 9.78 Å². The molecule has 100 valence electrons. The number of carbonyl (C=O) groups is 1. The highest BCUT2D eigenvalue weighted by atomic mass is 79.9. The Balaban J connectivity index is 1.76. The number of thiophene rings is 1. The van der Waals surface area contributed by atoms with E-state index in [0.29, 0.717) is 10.6 Å². The molecule has 1 amide bonds. The quantitative estimate of drug-likeness (QED) is 0.779. The molecule has 1 aromatic carbocycles. The lowest BCUT2D eigenvalue weighted by molar-refractivity contribution is 0.103. The van der Waals surface area contributed by atoms with Crippen LogP contribution in [0.4, 0.5) is 5.69 Å². The fourth-order valence-electron chi connectivity index (χ4n) is 1.74. The van der Waals surface area contributed by atoms with Crippen molar-refractivity contribution in [2.45, 2.75) is 0 Å². The Morgan fingerprint density at radius 1 is 1.20 bits per heavy atom. The van der Waals surface area contributed by atoms with Gasteiger partial charge in [-0.15, -0.1) is 11.3 Å². The van der Waals surface area contributed by atoms with E-state index in [9.17, 15) is 4.79 Å². The molecule has 2 heterocycles. The molecule has 0 unspecified atom stereocenters. The van der Waals surface area contributed by atoms with Crippen molar-refractivity contribution < 1.29 is 4.79 Å². The molecule has 0 saturated heterocycles. The molecule has 0 radical (unpaired) electrons. The first-order valence-electron chi connectivity index (χ1n) is 5.89. The van der Waals surface area contributed by atoms with Gasteiger partial charge in [0.2, 0.25) is 0 Å². The Kier molecular flexibility index (Phi) is 3.66. The van der Waals surface area contributed by atoms with Crippen LogP contribution in [0.1, 0.15) is 9.67 Å². The number of para-hydroxylation sites is 1. The highest BCUT2D eigenvalue weighted by Crippen LogP contribution is 2.23. The molecular weight excluding hydrogens is 338 g/mol. The lowest BCUT2D eigenvalue weighted by Crippen LogP contribution is -2.09. The molecule has 0 aliphatic carbocycles. The number of rotatable bonds is 3. The van der Waals surface area contributed by atoms with Gasteiger partial charge in [0.1, 0.15) is 0 Å². The molecule has 0 bridgehead atoms. The molecular formula is C14H10BrN3OS. The minimum atomic E-state index is -0.131. The molecule has 0 aliphatic heterocycles. The van der Waals surface area contributed by atoms with Crippen molar-refractivity contribution in [3.05, 3.63) is 63.5 Å². The summed E-state index contributed by atoms with van der Waals surface area (Å²) in [6, 6.07) is 13.4. The second-order valence-corrected chi connectivity index (χ2v) is 6.53. The smallest absolute Gasteiger partial charge is 0.265 e. The first-order chi connectivity index (χ1) is 9.72. The van der Waals surface area contributed by atoms with Crippen LogP contribution in [-0.4, -0.2) is 15.7 Å². The monoisotopic (exact) mass is 347 g/mol. The number of amides is 1. The van der Waals surface area contributed by atoms with Crippen LogP contribution in [0.2, 0.25) is 0 Å². The molecule has 6 heteroatoms. The predicted octanol–water partition coefficient (Wildman–Crippen LogP) is 3.95. The zero-order chi connectivity index (χ0) is 13.9. The molecule has 1 N–H and O–H groups in total. The van der Waals surface area contributed by atoms with E-state index in [1.807, 2.05) is 36.4 Å². The molecule has 2 aromatic heterocycles. The minimum Gasteiger partial charge on any atom is -0.319 e. The Morgan fingerprint density at radius 2 is 2.00 bits per heavy atom. The molecule has 3 rings (SSSR count). The highest BCUT2D eigenvalue weighted by Gasteiger charge is 2.10. The van der Waals surface area contributed by atoms with Gasteiger partial charge in [-0.3, -0.25) is 4.79 Å². The van der Waals surface area contributed by atoms with E-state index in [1.165, 1.54) is 11.3 Å². The number of aromatic nitrogens is 2. The number of nitrogens with zero attached hydrogens (tertiary/aromatic N) is 2. The Hall–Kier alpha value is -1.92. The van der Waals surface area contributed by atoms with Crippen LogP contribution in [0, 0.1) is 0 Å². The second-order valence-electron chi connectivity index (χ2n) is 4.07. The number of carbonyl (C=O) groups excluding carboxylic acids is 1. The number of halogens is 1. The summed E-state index contributed by atoms with van der Waals surface area (Å²) < 4.78 is 2.66. The average molecular weight is 348 g/mol. The number of benzene rings is 1. The van der Waals surface area contributed by atoms with E-state index in [0.717, 1.165) is 9.47 Å². The molecule has 3 aromatic rings. The third-order valence-corrected chi connectivity index (χ3v) is 4.28. The van der Waals surface area contributed by atoms with Crippen molar-refractivity contribution in [2.24, 2.45) is 0 Å². The molecule has 0 atom stereocenters. The maximum atomic E-state index is 12.0. The maximum Gasteiger partial charge on any atom is 0.265 e. The van der Waals surface area contributed by atoms with E-state index in [-0.39, 0.29) is 5.91 Å². The Labute approximate surface area is 128 Å². The second kappa shape index (κ2) is 5.60. The third kappa shape index (κ3) is 2.81. The van der Waals surface area contributed by atoms with Gasteiger partial charge >= 0.3 is 0 Å². The Bertz CT molecular complexity index is 736. The molecule has 0 aliphatic rings. The van der Waals surface area contributed by atoms with Gasteiger partial charge < -0.3 is 5.32 Å². The number of nitrogens with one attached hydrogen (secondary N) is 1. The van der Waals surface area contributed by atoms with Crippen LogP contribution in [0.5, 0.6) is 0 Å². The summed E-state index contributed by atoms with van der Waals surface area (Å²) in [6.07, 6.45) is 3.42. The largest absolute Gasteiger partial charge is 0.319 e. The van der Waals surface area contributed by atoms with Gasteiger partial charge in [0.25, 0.3) is 5.91 Å². The van der Waals surface area contributed by atoms with Gasteiger partial charge in [-0.2, -0.15) is 5.10 Å². The molecule has 20 heavy (non-hydrogen) atoms. The van der Waals surface area contributed by atoms with Crippen LogP contribution in [-0.2, 0) is 0 Å². The van der Waals surface area contributed by atoms with Crippen LogP contribution in [0.25, 0.3) is 5.69 Å². The van der Waals surface area contributed by atoms with Gasteiger partial charge in [-0.05, 0) is 40.2 Å². The summed E-state index contributed by atoms with van der Waals surface area (Å²) in [5, 5.41) is 7.06. The minimum absolute atomic E-state index is 0.131. The van der Waals surface area contributed by atoms with Gasteiger partial charge in [0.05, 0.1) is 32.4 Å².